The van der Waals surface area contributed by atoms with Gasteiger partial charge in [-0.25, -0.2) is 4.68 Å². The molecular weight excluding hydrogens is 354 g/mol. The molecule has 2 aliphatic heterocycles. The predicted molar refractivity (Wildman–Crippen MR) is 106 cm³/mol. The van der Waals surface area contributed by atoms with Crippen LogP contribution in [0.3, 0.4) is 0 Å². The van der Waals surface area contributed by atoms with Crippen LogP contribution in [0.2, 0.25) is 0 Å². The third-order valence-corrected chi connectivity index (χ3v) is 5.55. The summed E-state index contributed by atoms with van der Waals surface area (Å²) < 4.78 is 7.33. The molecule has 1 amide bonds. The summed E-state index contributed by atoms with van der Waals surface area (Å²) in [5, 5.41) is 4.53. The molecule has 4 rings (SSSR count). The van der Waals surface area contributed by atoms with Crippen molar-refractivity contribution >= 4 is 5.91 Å². The molecule has 1 fully saturated rings. The number of benzene rings is 1. The van der Waals surface area contributed by atoms with E-state index in [9.17, 15) is 9.59 Å². The SMILES string of the molecule is CC(C)(C)c1ccc(=O)n(CC2CN(C(=O)C3OCCc4ccccc43)C2)n1. The fourth-order valence-corrected chi connectivity index (χ4v) is 3.85. The van der Waals surface area contributed by atoms with Gasteiger partial charge in [-0.2, -0.15) is 5.10 Å². The Kier molecular flexibility index (Phi) is 4.83. The van der Waals surface area contributed by atoms with Crippen LogP contribution in [0.1, 0.15) is 43.7 Å². The normalized spacial score (nSPS) is 19.8. The van der Waals surface area contributed by atoms with Crippen molar-refractivity contribution in [3.8, 4) is 0 Å². The number of hydrogen-bond acceptors (Lipinski definition) is 4. The number of rotatable bonds is 3. The van der Waals surface area contributed by atoms with Gasteiger partial charge in [0.1, 0.15) is 0 Å². The fraction of sp³-hybridized carbons (Fsp3) is 0.500. The highest BCUT2D eigenvalue weighted by Gasteiger charge is 2.37. The molecular formula is C22H27N3O3. The van der Waals surface area contributed by atoms with Crippen LogP contribution in [0.15, 0.2) is 41.2 Å². The first-order valence-corrected chi connectivity index (χ1v) is 9.90. The molecule has 1 saturated heterocycles. The zero-order valence-corrected chi connectivity index (χ0v) is 16.7. The van der Waals surface area contributed by atoms with E-state index in [-0.39, 0.29) is 22.8 Å². The molecule has 6 nitrogen and oxygen atoms in total. The summed E-state index contributed by atoms with van der Waals surface area (Å²) in [6.07, 6.45) is 0.345. The molecule has 2 aromatic rings. The van der Waals surface area contributed by atoms with Crippen molar-refractivity contribution in [2.45, 2.75) is 45.3 Å². The van der Waals surface area contributed by atoms with Crippen LogP contribution < -0.4 is 5.56 Å². The minimum atomic E-state index is -0.504. The van der Waals surface area contributed by atoms with Crippen molar-refractivity contribution < 1.29 is 9.53 Å². The summed E-state index contributed by atoms with van der Waals surface area (Å²) in [7, 11) is 0. The van der Waals surface area contributed by atoms with Gasteiger partial charge in [0.25, 0.3) is 11.5 Å². The van der Waals surface area contributed by atoms with E-state index in [4.69, 9.17) is 4.74 Å². The second-order valence-corrected chi connectivity index (χ2v) is 8.80. The molecule has 1 aromatic heterocycles. The largest absolute Gasteiger partial charge is 0.363 e. The standard InChI is InChI=1S/C22H27N3O3/c1-22(2,3)18-8-9-19(26)25(23-18)14-15-12-24(13-15)21(27)20-17-7-5-4-6-16(17)10-11-28-20/h4-9,15,20H,10-14H2,1-3H3. The van der Waals surface area contributed by atoms with Crippen molar-refractivity contribution in [2.24, 2.45) is 5.92 Å². The summed E-state index contributed by atoms with van der Waals surface area (Å²) in [4.78, 5) is 26.9. The Balaban J connectivity index is 1.41. The van der Waals surface area contributed by atoms with Gasteiger partial charge < -0.3 is 9.64 Å². The Morgan fingerprint density at radius 1 is 1.18 bits per heavy atom. The molecule has 0 N–H and O–H groups in total. The van der Waals surface area contributed by atoms with E-state index in [1.807, 2.05) is 23.1 Å². The van der Waals surface area contributed by atoms with Gasteiger partial charge in [-0.1, -0.05) is 45.0 Å². The molecule has 0 spiro atoms. The quantitative estimate of drug-likeness (QED) is 0.818. The highest BCUT2D eigenvalue weighted by Crippen LogP contribution is 2.31. The lowest BCUT2D eigenvalue weighted by atomic mass is 9.92. The van der Waals surface area contributed by atoms with Crippen molar-refractivity contribution in [3.63, 3.8) is 0 Å². The maximum Gasteiger partial charge on any atom is 0.266 e. The Labute approximate surface area is 165 Å². The Hall–Kier alpha value is -2.47. The summed E-state index contributed by atoms with van der Waals surface area (Å²) in [6.45, 7) is 8.61. The van der Waals surface area contributed by atoms with Gasteiger partial charge in [-0.15, -0.1) is 0 Å². The third kappa shape index (κ3) is 3.61. The summed E-state index contributed by atoms with van der Waals surface area (Å²) in [6, 6.07) is 11.4. The van der Waals surface area contributed by atoms with Crippen LogP contribution in [0.25, 0.3) is 0 Å². The minimum Gasteiger partial charge on any atom is -0.363 e. The minimum absolute atomic E-state index is 0.0205. The molecule has 1 aromatic carbocycles. The van der Waals surface area contributed by atoms with E-state index in [2.05, 4.69) is 31.9 Å². The van der Waals surface area contributed by atoms with Crippen molar-refractivity contribution in [2.75, 3.05) is 19.7 Å². The van der Waals surface area contributed by atoms with Crippen LogP contribution in [0.4, 0.5) is 0 Å². The molecule has 1 unspecified atom stereocenters. The highest BCUT2D eigenvalue weighted by atomic mass is 16.5. The van der Waals surface area contributed by atoms with Gasteiger partial charge >= 0.3 is 0 Å². The zero-order chi connectivity index (χ0) is 19.9. The first-order valence-electron chi connectivity index (χ1n) is 9.90. The lowest BCUT2D eigenvalue weighted by Gasteiger charge is -2.41. The maximum absolute atomic E-state index is 12.9. The molecule has 148 valence electrons. The second kappa shape index (κ2) is 7.17. The molecule has 6 heteroatoms. The van der Waals surface area contributed by atoms with Crippen LogP contribution in [0, 0.1) is 5.92 Å². The maximum atomic E-state index is 12.9. The molecule has 3 heterocycles. The van der Waals surface area contributed by atoms with E-state index in [0.717, 1.165) is 17.7 Å². The second-order valence-electron chi connectivity index (χ2n) is 8.80. The molecule has 28 heavy (non-hydrogen) atoms. The van der Waals surface area contributed by atoms with E-state index >= 15 is 0 Å². The number of fused-ring (bicyclic) bond motifs is 1. The summed E-state index contributed by atoms with van der Waals surface area (Å²) >= 11 is 0. The van der Waals surface area contributed by atoms with Gasteiger partial charge in [-0.3, -0.25) is 9.59 Å². The number of nitrogens with zero attached hydrogens (tertiary/aromatic N) is 3. The van der Waals surface area contributed by atoms with Gasteiger partial charge in [0.05, 0.1) is 18.8 Å². The molecule has 2 aliphatic rings. The number of carbonyl (C=O) groups is 1. The highest BCUT2D eigenvalue weighted by molar-refractivity contribution is 5.83. The van der Waals surface area contributed by atoms with Gasteiger partial charge in [0.15, 0.2) is 6.10 Å². The molecule has 0 saturated carbocycles. The number of amides is 1. The van der Waals surface area contributed by atoms with Crippen LogP contribution >= 0.6 is 0 Å². The smallest absolute Gasteiger partial charge is 0.266 e. The van der Waals surface area contributed by atoms with Crippen LogP contribution in [-0.4, -0.2) is 40.3 Å². The number of hydrogen-bond donors (Lipinski definition) is 0. The fourth-order valence-electron chi connectivity index (χ4n) is 3.85. The first kappa shape index (κ1) is 18.9. The Morgan fingerprint density at radius 2 is 1.93 bits per heavy atom. The van der Waals surface area contributed by atoms with Crippen LogP contribution in [-0.2, 0) is 27.9 Å². The number of aromatic nitrogens is 2. The van der Waals surface area contributed by atoms with Gasteiger partial charge in [0.2, 0.25) is 0 Å². The van der Waals surface area contributed by atoms with Crippen molar-refractivity contribution in [3.05, 3.63) is 63.6 Å². The van der Waals surface area contributed by atoms with E-state index < -0.39 is 6.10 Å². The van der Waals surface area contributed by atoms with E-state index in [1.165, 1.54) is 5.56 Å². The van der Waals surface area contributed by atoms with Crippen molar-refractivity contribution in [1.29, 1.82) is 0 Å². The van der Waals surface area contributed by atoms with Crippen LogP contribution in [0.5, 0.6) is 0 Å². The van der Waals surface area contributed by atoms with E-state index in [0.29, 0.717) is 26.2 Å². The summed E-state index contributed by atoms with van der Waals surface area (Å²) in [5.74, 6) is 0.260. The third-order valence-electron chi connectivity index (χ3n) is 5.55. The average molecular weight is 381 g/mol. The number of likely N-dealkylation sites (tertiary alicyclic amines) is 1. The molecule has 0 bridgehead atoms. The topological polar surface area (TPSA) is 64.4 Å². The zero-order valence-electron chi connectivity index (χ0n) is 16.7. The van der Waals surface area contributed by atoms with E-state index in [1.54, 1.807) is 16.8 Å². The molecule has 0 radical (unpaired) electrons. The lowest BCUT2D eigenvalue weighted by Crippen LogP contribution is -2.54. The number of carbonyl (C=O) groups excluding carboxylic acids is 1. The Morgan fingerprint density at radius 3 is 2.68 bits per heavy atom. The average Bonchev–Trinajstić information content (AvgIpc) is 2.63. The molecule has 0 aliphatic carbocycles. The lowest BCUT2D eigenvalue weighted by molar-refractivity contribution is -0.152. The van der Waals surface area contributed by atoms with Gasteiger partial charge in [0, 0.05) is 30.5 Å². The van der Waals surface area contributed by atoms with Crippen molar-refractivity contribution in [1.82, 2.24) is 14.7 Å². The number of ether oxygens (including phenoxy) is 1. The monoisotopic (exact) mass is 381 g/mol. The summed E-state index contributed by atoms with van der Waals surface area (Å²) in [5.41, 5.74) is 2.87. The predicted octanol–water partition coefficient (Wildman–Crippen LogP) is 2.31. The Bertz CT molecular complexity index is 939. The molecule has 1 atom stereocenters. The van der Waals surface area contributed by atoms with Gasteiger partial charge in [-0.05, 0) is 23.6 Å². The first-order chi connectivity index (χ1) is 13.3.